The maximum Gasteiger partial charge on any atom is 0.251 e. The van der Waals surface area contributed by atoms with Gasteiger partial charge in [-0.25, -0.2) is 0 Å². The summed E-state index contributed by atoms with van der Waals surface area (Å²) < 4.78 is 5.46. The molecule has 2 amide bonds. The van der Waals surface area contributed by atoms with Crippen LogP contribution in [0, 0.1) is 5.92 Å². The number of benzene rings is 2. The average molecular weight is 338 g/mol. The summed E-state index contributed by atoms with van der Waals surface area (Å²) >= 11 is 0. The van der Waals surface area contributed by atoms with Crippen LogP contribution in [0.5, 0.6) is 0 Å². The Balaban J connectivity index is 1.76. The highest BCUT2D eigenvalue weighted by atomic mass is 16.5. The van der Waals surface area contributed by atoms with Crippen molar-refractivity contribution in [2.75, 3.05) is 18.5 Å². The fourth-order valence-corrected chi connectivity index (χ4v) is 3.19. The number of rotatable bonds is 6. The molecule has 2 aromatic rings. The maximum absolute atomic E-state index is 12.7. The van der Waals surface area contributed by atoms with Crippen molar-refractivity contribution in [2.24, 2.45) is 5.92 Å². The van der Waals surface area contributed by atoms with Gasteiger partial charge in [0.1, 0.15) is 0 Å². The van der Waals surface area contributed by atoms with E-state index in [0.717, 1.165) is 31.6 Å². The predicted octanol–water partition coefficient (Wildman–Crippen LogP) is 3.15. The van der Waals surface area contributed by atoms with Gasteiger partial charge in [0.2, 0.25) is 6.41 Å². The molecule has 3 rings (SSSR count). The molecule has 5 nitrogen and oxygen atoms in total. The molecule has 2 N–H and O–H groups in total. The summed E-state index contributed by atoms with van der Waals surface area (Å²) in [7, 11) is 0. The van der Waals surface area contributed by atoms with E-state index in [1.807, 2.05) is 18.2 Å². The van der Waals surface area contributed by atoms with Crippen molar-refractivity contribution < 1.29 is 14.3 Å². The van der Waals surface area contributed by atoms with Gasteiger partial charge in [0.25, 0.3) is 5.91 Å². The largest absolute Gasteiger partial charge is 0.381 e. The summed E-state index contributed by atoms with van der Waals surface area (Å²) in [6.45, 7) is 1.46. The molecule has 1 heterocycles. The first-order chi connectivity index (χ1) is 12.3. The predicted molar refractivity (Wildman–Crippen MR) is 96.3 cm³/mol. The van der Waals surface area contributed by atoms with E-state index in [-0.39, 0.29) is 11.9 Å². The molecule has 1 aliphatic heterocycles. The summed E-state index contributed by atoms with van der Waals surface area (Å²) in [5, 5.41) is 5.75. The Bertz CT molecular complexity index is 695. The summed E-state index contributed by atoms with van der Waals surface area (Å²) in [4.78, 5) is 23.2. The highest BCUT2D eigenvalue weighted by Crippen LogP contribution is 2.30. The lowest BCUT2D eigenvalue weighted by atomic mass is 9.87. The van der Waals surface area contributed by atoms with E-state index < -0.39 is 0 Å². The van der Waals surface area contributed by atoms with E-state index >= 15 is 0 Å². The molecule has 1 atom stereocenters. The van der Waals surface area contributed by atoms with Crippen LogP contribution in [0.15, 0.2) is 54.6 Å². The highest BCUT2D eigenvalue weighted by Gasteiger charge is 2.27. The Morgan fingerprint density at radius 1 is 1.04 bits per heavy atom. The lowest BCUT2D eigenvalue weighted by Gasteiger charge is -2.31. The third-order valence-corrected chi connectivity index (χ3v) is 4.56. The number of nitrogens with one attached hydrogen (secondary N) is 2. The molecule has 1 aliphatic rings. The van der Waals surface area contributed by atoms with Crippen molar-refractivity contribution in [3.05, 3.63) is 65.7 Å². The monoisotopic (exact) mass is 338 g/mol. The first kappa shape index (κ1) is 17.2. The van der Waals surface area contributed by atoms with Gasteiger partial charge in [0.15, 0.2) is 0 Å². The number of ether oxygens (including phenoxy) is 1. The van der Waals surface area contributed by atoms with Gasteiger partial charge in [-0.3, -0.25) is 9.59 Å². The van der Waals surface area contributed by atoms with E-state index in [9.17, 15) is 9.59 Å². The second-order valence-electron chi connectivity index (χ2n) is 6.15. The van der Waals surface area contributed by atoms with Crippen molar-refractivity contribution >= 4 is 18.0 Å². The van der Waals surface area contributed by atoms with Crippen molar-refractivity contribution in [2.45, 2.75) is 18.9 Å². The van der Waals surface area contributed by atoms with Crippen LogP contribution >= 0.6 is 0 Å². The lowest BCUT2D eigenvalue weighted by Crippen LogP contribution is -2.36. The molecule has 0 bridgehead atoms. The Labute approximate surface area is 147 Å². The quantitative estimate of drug-likeness (QED) is 0.795. The van der Waals surface area contributed by atoms with E-state index in [2.05, 4.69) is 22.8 Å². The summed E-state index contributed by atoms with van der Waals surface area (Å²) in [5.74, 6) is 0.245. The Kier molecular flexibility index (Phi) is 5.80. The highest BCUT2D eigenvalue weighted by molar-refractivity contribution is 5.95. The third kappa shape index (κ3) is 4.45. The molecular weight excluding hydrogens is 316 g/mol. The van der Waals surface area contributed by atoms with E-state index in [1.54, 1.807) is 24.3 Å². The molecule has 5 heteroatoms. The van der Waals surface area contributed by atoms with Gasteiger partial charge in [0, 0.05) is 24.5 Å². The molecule has 2 aromatic carbocycles. The maximum atomic E-state index is 12.7. The molecule has 130 valence electrons. The van der Waals surface area contributed by atoms with Gasteiger partial charge in [-0.1, -0.05) is 30.3 Å². The SMILES string of the molecule is O=CNc1ccc(C(=O)NC(c2ccccc2)C2CCOCC2)cc1. The van der Waals surface area contributed by atoms with Crippen LogP contribution in [-0.4, -0.2) is 25.5 Å². The van der Waals surface area contributed by atoms with Crippen molar-refractivity contribution in [1.82, 2.24) is 5.32 Å². The first-order valence-electron chi connectivity index (χ1n) is 8.52. The second kappa shape index (κ2) is 8.44. The molecular formula is C20H22N2O3. The van der Waals surface area contributed by atoms with Crippen LogP contribution < -0.4 is 10.6 Å². The van der Waals surface area contributed by atoms with Crippen molar-refractivity contribution in [3.63, 3.8) is 0 Å². The zero-order valence-corrected chi connectivity index (χ0v) is 14.0. The third-order valence-electron chi connectivity index (χ3n) is 4.56. The summed E-state index contributed by atoms with van der Waals surface area (Å²) in [6, 6.07) is 16.9. The van der Waals surface area contributed by atoms with Gasteiger partial charge in [0.05, 0.1) is 6.04 Å². The minimum absolute atomic E-state index is 0.0367. The normalized spacial score (nSPS) is 16.0. The summed E-state index contributed by atoms with van der Waals surface area (Å²) in [5.41, 5.74) is 2.35. The molecule has 0 radical (unpaired) electrons. The second-order valence-corrected chi connectivity index (χ2v) is 6.15. The Morgan fingerprint density at radius 3 is 2.36 bits per heavy atom. The van der Waals surface area contributed by atoms with Gasteiger partial charge in [-0.15, -0.1) is 0 Å². The fraction of sp³-hybridized carbons (Fsp3) is 0.300. The molecule has 1 fully saturated rings. The van der Waals surface area contributed by atoms with Gasteiger partial charge in [-0.05, 0) is 48.6 Å². The summed E-state index contributed by atoms with van der Waals surface area (Å²) in [6.07, 6.45) is 2.48. The number of anilines is 1. The van der Waals surface area contributed by atoms with Crippen LogP contribution in [0.4, 0.5) is 5.69 Å². The number of amides is 2. The van der Waals surface area contributed by atoms with Crippen molar-refractivity contribution in [3.8, 4) is 0 Å². The van der Waals surface area contributed by atoms with Crippen LogP contribution in [0.2, 0.25) is 0 Å². The number of hydrogen-bond donors (Lipinski definition) is 2. The topological polar surface area (TPSA) is 67.4 Å². The van der Waals surface area contributed by atoms with Crippen molar-refractivity contribution in [1.29, 1.82) is 0 Å². The molecule has 25 heavy (non-hydrogen) atoms. The molecule has 0 aromatic heterocycles. The Hall–Kier alpha value is -2.66. The number of carbonyl (C=O) groups excluding carboxylic acids is 2. The number of carbonyl (C=O) groups is 2. The molecule has 0 saturated carbocycles. The zero-order chi connectivity index (χ0) is 17.5. The van der Waals surface area contributed by atoms with E-state index in [0.29, 0.717) is 23.6 Å². The minimum Gasteiger partial charge on any atom is -0.381 e. The van der Waals surface area contributed by atoms with Crippen LogP contribution in [-0.2, 0) is 9.53 Å². The van der Waals surface area contributed by atoms with Gasteiger partial charge >= 0.3 is 0 Å². The lowest BCUT2D eigenvalue weighted by molar-refractivity contribution is -0.105. The standard InChI is InChI=1S/C20H22N2O3/c23-14-21-18-8-6-17(7-9-18)20(24)22-19(15-4-2-1-3-5-15)16-10-12-25-13-11-16/h1-9,14,16,19H,10-13H2,(H,21,23)(H,22,24). The zero-order valence-electron chi connectivity index (χ0n) is 14.0. The Morgan fingerprint density at radius 2 is 1.72 bits per heavy atom. The molecule has 0 spiro atoms. The van der Waals surface area contributed by atoms with Gasteiger partial charge in [-0.2, -0.15) is 0 Å². The fourth-order valence-electron chi connectivity index (χ4n) is 3.19. The van der Waals surface area contributed by atoms with E-state index in [4.69, 9.17) is 4.74 Å². The average Bonchev–Trinajstić information content (AvgIpc) is 2.68. The van der Waals surface area contributed by atoms with E-state index in [1.165, 1.54) is 0 Å². The first-order valence-corrected chi connectivity index (χ1v) is 8.52. The van der Waals surface area contributed by atoms with Gasteiger partial charge < -0.3 is 15.4 Å². The molecule has 0 aliphatic carbocycles. The number of hydrogen-bond acceptors (Lipinski definition) is 3. The molecule has 1 unspecified atom stereocenters. The van der Waals surface area contributed by atoms with Crippen LogP contribution in [0.3, 0.4) is 0 Å². The molecule has 1 saturated heterocycles. The minimum atomic E-state index is -0.113. The van der Waals surface area contributed by atoms with Crippen LogP contribution in [0.1, 0.15) is 34.8 Å². The smallest absolute Gasteiger partial charge is 0.251 e. The van der Waals surface area contributed by atoms with Crippen LogP contribution in [0.25, 0.3) is 0 Å².